The zero-order valence-electron chi connectivity index (χ0n) is 35.6. The molecule has 0 aromatic carbocycles. The maximum Gasteiger partial charge on any atom is 0.306 e. The lowest BCUT2D eigenvalue weighted by Crippen LogP contribution is -2.59. The summed E-state index contributed by atoms with van der Waals surface area (Å²) in [5, 5.41) is 40.1. The molecule has 328 valence electrons. The zero-order valence-corrected chi connectivity index (χ0v) is 35.6. The Hall–Kier alpha value is -2.56. The molecule has 10 nitrogen and oxygen atoms in total. The van der Waals surface area contributed by atoms with E-state index in [-0.39, 0.29) is 26.1 Å². The molecule has 57 heavy (non-hydrogen) atoms. The Kier molecular flexibility index (Phi) is 34.7. The van der Waals surface area contributed by atoms with Crippen LogP contribution in [-0.2, 0) is 28.5 Å². The minimum Gasteiger partial charge on any atom is -0.462 e. The monoisotopic (exact) mass is 805 g/mol. The van der Waals surface area contributed by atoms with Crippen LogP contribution < -0.4 is 0 Å². The summed E-state index contributed by atoms with van der Waals surface area (Å²) in [4.78, 5) is 25.3. The van der Waals surface area contributed by atoms with Gasteiger partial charge >= 0.3 is 11.9 Å². The average molecular weight is 805 g/mol. The van der Waals surface area contributed by atoms with Crippen molar-refractivity contribution >= 4 is 11.9 Å². The number of hydrogen-bond donors (Lipinski definition) is 4. The first-order valence-electron chi connectivity index (χ1n) is 22.5. The largest absolute Gasteiger partial charge is 0.462 e. The third kappa shape index (κ3) is 29.3. The van der Waals surface area contributed by atoms with Gasteiger partial charge in [0.1, 0.15) is 31.0 Å². The van der Waals surface area contributed by atoms with Gasteiger partial charge in [-0.05, 0) is 89.2 Å². The van der Waals surface area contributed by atoms with E-state index in [9.17, 15) is 30.0 Å². The first kappa shape index (κ1) is 52.5. The quantitative estimate of drug-likeness (QED) is 0.0209. The number of aliphatic hydroxyl groups excluding tert-OH is 4. The molecular weight excluding hydrogens is 725 g/mol. The van der Waals surface area contributed by atoms with E-state index in [2.05, 4.69) is 68.2 Å². The van der Waals surface area contributed by atoms with Gasteiger partial charge < -0.3 is 39.4 Å². The Morgan fingerprint density at radius 2 is 1.09 bits per heavy atom. The number of carbonyl (C=O) groups is 2. The van der Waals surface area contributed by atoms with Crippen LogP contribution in [0.5, 0.6) is 0 Å². The fourth-order valence-corrected chi connectivity index (χ4v) is 6.35. The van der Waals surface area contributed by atoms with Crippen molar-refractivity contribution in [1.82, 2.24) is 0 Å². The van der Waals surface area contributed by atoms with Crippen molar-refractivity contribution in [2.24, 2.45) is 0 Å². The van der Waals surface area contributed by atoms with Crippen molar-refractivity contribution in [2.45, 2.75) is 211 Å². The molecule has 4 N–H and O–H groups in total. The van der Waals surface area contributed by atoms with Crippen LogP contribution in [0.2, 0.25) is 0 Å². The normalized spacial score (nSPS) is 20.3. The van der Waals surface area contributed by atoms with Gasteiger partial charge in [-0.15, -0.1) is 5.73 Å². The average Bonchev–Trinajstić information content (AvgIpc) is 3.21. The minimum atomic E-state index is -1.60. The molecular formula is C47H80O10. The minimum absolute atomic E-state index is 0.203. The molecule has 0 bridgehead atoms. The molecule has 1 aliphatic rings. The highest BCUT2D eigenvalue weighted by molar-refractivity contribution is 5.70. The first-order valence-corrected chi connectivity index (χ1v) is 22.5. The van der Waals surface area contributed by atoms with Crippen molar-refractivity contribution in [3.8, 4) is 0 Å². The van der Waals surface area contributed by atoms with Crippen molar-refractivity contribution in [1.29, 1.82) is 0 Å². The molecule has 0 aromatic rings. The molecule has 1 heterocycles. The van der Waals surface area contributed by atoms with Gasteiger partial charge in [-0.25, -0.2) is 0 Å². The predicted octanol–water partition coefficient (Wildman–Crippen LogP) is 9.43. The van der Waals surface area contributed by atoms with Crippen LogP contribution in [0.1, 0.15) is 174 Å². The summed E-state index contributed by atoms with van der Waals surface area (Å²) in [6.45, 7) is 3.32. The second-order valence-electron chi connectivity index (χ2n) is 15.2. The molecule has 0 saturated carbocycles. The van der Waals surface area contributed by atoms with E-state index in [1.807, 2.05) is 0 Å². The number of unbranched alkanes of at least 4 members (excludes halogenated alkanes) is 17. The van der Waals surface area contributed by atoms with Crippen LogP contribution in [0.25, 0.3) is 0 Å². The summed E-state index contributed by atoms with van der Waals surface area (Å²) in [6, 6.07) is 0. The standard InChI is InChI=1S/C47H80O10/c1-3-5-7-9-11-13-15-17-19-20-22-23-25-27-29-31-33-35-42(49)54-38-40(39-55-47-46(53)45(52)44(51)41(37-48)57-47)56-43(50)36-34-32-30-28-26-24-21-18-16-14-12-10-8-6-4-2/h11,13,16-17,19,21-23,40-41,44-48,51-53H,3-10,12,14-15,20,24-39H2,1-2H3/b13-11+,19-17+,23-22+/t18?,40-,41-,44+,45?,46?,47-/m0/s1. The van der Waals surface area contributed by atoms with Crippen molar-refractivity contribution < 1.29 is 49.0 Å². The molecule has 0 radical (unpaired) electrons. The Morgan fingerprint density at radius 3 is 1.68 bits per heavy atom. The maximum absolute atomic E-state index is 12.8. The number of carbonyl (C=O) groups excluding carboxylic acids is 2. The van der Waals surface area contributed by atoms with Gasteiger partial charge in [0.15, 0.2) is 12.4 Å². The van der Waals surface area contributed by atoms with E-state index in [1.165, 1.54) is 57.8 Å². The van der Waals surface area contributed by atoms with E-state index in [4.69, 9.17) is 18.9 Å². The number of ether oxygens (including phenoxy) is 4. The van der Waals surface area contributed by atoms with Gasteiger partial charge in [0, 0.05) is 12.8 Å². The molecule has 1 aliphatic heterocycles. The van der Waals surface area contributed by atoms with Crippen LogP contribution >= 0.6 is 0 Å². The molecule has 1 saturated heterocycles. The molecule has 0 aliphatic carbocycles. The molecule has 0 amide bonds. The fraction of sp³-hybridized carbons (Fsp3) is 0.766. The van der Waals surface area contributed by atoms with E-state index < -0.39 is 55.4 Å². The molecule has 0 aromatic heterocycles. The molecule has 10 heteroatoms. The number of aliphatic hydroxyl groups is 4. The van der Waals surface area contributed by atoms with E-state index >= 15 is 0 Å². The SMILES string of the molecule is CCCCC/C=C/C/C=C/C/C=C/CCCCCCC(=O)OC[C@@H](CO[C@H]1O[C@@H](CO)[C@@H](O)C(O)C1O)OC(=O)CCCCCCCC=C=CCCCCCCC. The predicted molar refractivity (Wildman–Crippen MR) is 227 cm³/mol. The van der Waals surface area contributed by atoms with Gasteiger partial charge in [-0.1, -0.05) is 121 Å². The van der Waals surface area contributed by atoms with Gasteiger partial charge in [0.25, 0.3) is 0 Å². The second-order valence-corrected chi connectivity index (χ2v) is 15.2. The third-order valence-electron chi connectivity index (χ3n) is 9.96. The van der Waals surface area contributed by atoms with Crippen molar-refractivity contribution in [3.63, 3.8) is 0 Å². The van der Waals surface area contributed by atoms with Crippen molar-refractivity contribution in [3.05, 3.63) is 54.3 Å². The highest BCUT2D eigenvalue weighted by atomic mass is 16.7. The van der Waals surface area contributed by atoms with Gasteiger partial charge in [0.2, 0.25) is 0 Å². The number of allylic oxidation sites excluding steroid dienone is 7. The molecule has 1 fully saturated rings. The fourth-order valence-electron chi connectivity index (χ4n) is 6.35. The van der Waals surface area contributed by atoms with Crippen molar-refractivity contribution in [2.75, 3.05) is 19.8 Å². The van der Waals surface area contributed by atoms with Crippen LogP contribution in [-0.4, -0.2) is 89.0 Å². The van der Waals surface area contributed by atoms with Gasteiger partial charge in [-0.3, -0.25) is 9.59 Å². The molecule has 6 atom stereocenters. The van der Waals surface area contributed by atoms with E-state index in [0.717, 1.165) is 77.0 Å². The summed E-state index contributed by atoms with van der Waals surface area (Å²) in [6.07, 6.45) is 34.6. The van der Waals surface area contributed by atoms with E-state index in [0.29, 0.717) is 12.8 Å². The highest BCUT2D eigenvalue weighted by Gasteiger charge is 2.44. The van der Waals surface area contributed by atoms with Crippen LogP contribution in [0, 0.1) is 0 Å². The lowest BCUT2D eigenvalue weighted by Gasteiger charge is -2.39. The Morgan fingerprint density at radius 1 is 0.596 bits per heavy atom. The summed E-state index contributed by atoms with van der Waals surface area (Å²) in [7, 11) is 0. The Labute approximate surface area is 345 Å². The second kappa shape index (κ2) is 37.7. The summed E-state index contributed by atoms with van der Waals surface area (Å²) in [5.41, 5.74) is 3.29. The van der Waals surface area contributed by atoms with Crippen LogP contribution in [0.4, 0.5) is 0 Å². The third-order valence-corrected chi connectivity index (χ3v) is 9.96. The van der Waals surface area contributed by atoms with Gasteiger partial charge in [-0.2, -0.15) is 0 Å². The summed E-state index contributed by atoms with van der Waals surface area (Å²) < 4.78 is 22.1. The lowest BCUT2D eigenvalue weighted by molar-refractivity contribution is -0.305. The molecule has 1 rings (SSSR count). The number of hydrogen-bond acceptors (Lipinski definition) is 10. The first-order chi connectivity index (χ1) is 27.8. The Bertz CT molecular complexity index is 1130. The summed E-state index contributed by atoms with van der Waals surface area (Å²) in [5.74, 6) is -0.856. The van der Waals surface area contributed by atoms with Crippen LogP contribution in [0.15, 0.2) is 54.3 Å². The topological polar surface area (TPSA) is 152 Å². The van der Waals surface area contributed by atoms with E-state index in [1.54, 1.807) is 0 Å². The summed E-state index contributed by atoms with van der Waals surface area (Å²) >= 11 is 0. The molecule has 2 unspecified atom stereocenters. The maximum atomic E-state index is 12.8. The highest BCUT2D eigenvalue weighted by Crippen LogP contribution is 2.22. The zero-order chi connectivity index (χ0) is 41.6. The molecule has 0 spiro atoms. The number of esters is 2. The van der Waals surface area contributed by atoms with Crippen LogP contribution in [0.3, 0.4) is 0 Å². The van der Waals surface area contributed by atoms with Gasteiger partial charge in [0.05, 0.1) is 13.2 Å². The smallest absolute Gasteiger partial charge is 0.306 e. The number of rotatable bonds is 36. The Balaban J connectivity index is 2.37. The lowest BCUT2D eigenvalue weighted by atomic mass is 9.99.